The van der Waals surface area contributed by atoms with Crippen LogP contribution in [0.15, 0.2) is 30.5 Å². The molecule has 1 aromatic heterocycles. The van der Waals surface area contributed by atoms with Crippen molar-refractivity contribution in [2.45, 2.75) is 32.9 Å². The number of likely N-dealkylation sites (N-methyl/N-ethyl adjacent to an activating group) is 1. The first kappa shape index (κ1) is 16.2. The third-order valence-corrected chi connectivity index (χ3v) is 3.72. The Morgan fingerprint density at radius 2 is 2.14 bits per heavy atom. The van der Waals surface area contributed by atoms with Gasteiger partial charge in [0, 0.05) is 18.3 Å². The molecule has 1 aromatic carbocycles. The number of para-hydroxylation sites is 1. The Morgan fingerprint density at radius 1 is 1.45 bits per heavy atom. The van der Waals surface area contributed by atoms with Crippen LogP contribution < -0.4 is 0 Å². The smallest absolute Gasteiger partial charge is 0.320 e. The lowest BCUT2D eigenvalue weighted by Crippen LogP contribution is -2.37. The third kappa shape index (κ3) is 3.33. The van der Waals surface area contributed by atoms with E-state index >= 15 is 0 Å². The molecule has 2 rings (SSSR count). The van der Waals surface area contributed by atoms with Crippen LogP contribution in [-0.2, 0) is 11.3 Å². The van der Waals surface area contributed by atoms with Gasteiger partial charge in [0.05, 0.1) is 5.69 Å². The third-order valence-electron chi connectivity index (χ3n) is 3.72. The van der Waals surface area contributed by atoms with Crippen molar-refractivity contribution in [1.82, 2.24) is 14.7 Å². The number of aryl methyl sites for hydroxylation is 1. The zero-order chi connectivity index (χ0) is 16.3. The molecule has 0 aliphatic rings. The van der Waals surface area contributed by atoms with Crippen LogP contribution in [0.2, 0.25) is 0 Å². The standard InChI is InChI=1S/C16H20FN3O2/c1-4-14(16(21)22)19(3)9-12-10-20(18-11(12)2)15-8-6-5-7-13(15)17/h5-8,10,14H,4,9H2,1-3H3,(H,21,22)/t14-/m1/s1. The van der Waals surface area contributed by atoms with Gasteiger partial charge in [-0.3, -0.25) is 9.69 Å². The van der Waals surface area contributed by atoms with E-state index in [0.29, 0.717) is 18.7 Å². The summed E-state index contributed by atoms with van der Waals surface area (Å²) in [5, 5.41) is 13.5. The molecule has 0 saturated heterocycles. The molecular formula is C16H20FN3O2. The molecule has 0 amide bonds. The zero-order valence-electron chi connectivity index (χ0n) is 13.0. The van der Waals surface area contributed by atoms with Crippen LogP contribution in [-0.4, -0.2) is 38.8 Å². The summed E-state index contributed by atoms with van der Waals surface area (Å²) < 4.78 is 15.3. The number of aliphatic carboxylic acids is 1. The summed E-state index contributed by atoms with van der Waals surface area (Å²) in [7, 11) is 1.77. The van der Waals surface area contributed by atoms with E-state index in [2.05, 4.69) is 5.10 Å². The Balaban J connectivity index is 2.24. The largest absolute Gasteiger partial charge is 0.480 e. The van der Waals surface area contributed by atoms with E-state index in [1.807, 2.05) is 13.8 Å². The Labute approximate surface area is 129 Å². The second kappa shape index (κ2) is 6.70. The van der Waals surface area contributed by atoms with Crippen molar-refractivity contribution in [3.8, 4) is 5.69 Å². The normalized spacial score (nSPS) is 12.6. The van der Waals surface area contributed by atoms with Crippen molar-refractivity contribution in [3.05, 3.63) is 47.5 Å². The Morgan fingerprint density at radius 3 is 2.73 bits per heavy atom. The molecule has 0 spiro atoms. The molecule has 0 aliphatic heterocycles. The number of benzene rings is 1. The number of nitrogens with zero attached hydrogens (tertiary/aromatic N) is 3. The SMILES string of the molecule is CC[C@H](C(=O)O)N(C)Cc1cn(-c2ccccc2F)nc1C. The number of rotatable bonds is 6. The maximum atomic E-state index is 13.8. The van der Waals surface area contributed by atoms with E-state index in [1.54, 1.807) is 36.3 Å². The fourth-order valence-corrected chi connectivity index (χ4v) is 2.47. The van der Waals surface area contributed by atoms with Crippen molar-refractivity contribution in [3.63, 3.8) is 0 Å². The summed E-state index contributed by atoms with van der Waals surface area (Å²) in [6, 6.07) is 5.87. The Hall–Kier alpha value is -2.21. The van der Waals surface area contributed by atoms with Crippen LogP contribution in [0, 0.1) is 12.7 Å². The second-order valence-corrected chi connectivity index (χ2v) is 5.31. The molecular weight excluding hydrogens is 285 g/mol. The summed E-state index contributed by atoms with van der Waals surface area (Å²) in [4.78, 5) is 13.0. The highest BCUT2D eigenvalue weighted by Gasteiger charge is 2.21. The lowest BCUT2D eigenvalue weighted by Gasteiger charge is -2.22. The predicted octanol–water partition coefficient (Wildman–Crippen LogP) is 2.61. The van der Waals surface area contributed by atoms with E-state index in [9.17, 15) is 14.3 Å². The summed E-state index contributed by atoms with van der Waals surface area (Å²) in [5.74, 6) is -1.19. The Kier molecular flexibility index (Phi) is 4.92. The molecule has 0 fully saturated rings. The number of carbonyl (C=O) groups is 1. The fourth-order valence-electron chi connectivity index (χ4n) is 2.47. The van der Waals surface area contributed by atoms with E-state index in [4.69, 9.17) is 0 Å². The number of hydrogen-bond donors (Lipinski definition) is 1. The Bertz CT molecular complexity index is 669. The van der Waals surface area contributed by atoms with Crippen molar-refractivity contribution in [1.29, 1.82) is 0 Å². The lowest BCUT2D eigenvalue weighted by molar-refractivity contribution is -0.143. The minimum absolute atomic E-state index is 0.345. The molecule has 1 heterocycles. The van der Waals surface area contributed by atoms with Gasteiger partial charge in [-0.25, -0.2) is 9.07 Å². The summed E-state index contributed by atoms with van der Waals surface area (Å²) in [6.07, 6.45) is 2.27. The van der Waals surface area contributed by atoms with Gasteiger partial charge in [-0.05, 0) is 32.5 Å². The molecule has 0 bridgehead atoms. The van der Waals surface area contributed by atoms with Crippen LogP contribution in [0.3, 0.4) is 0 Å². The first-order chi connectivity index (χ1) is 10.4. The van der Waals surface area contributed by atoms with Crippen LogP contribution in [0.1, 0.15) is 24.6 Å². The van der Waals surface area contributed by atoms with Gasteiger partial charge in [-0.15, -0.1) is 0 Å². The highest BCUT2D eigenvalue weighted by atomic mass is 19.1. The van der Waals surface area contributed by atoms with Gasteiger partial charge in [0.25, 0.3) is 0 Å². The average molecular weight is 305 g/mol. The van der Waals surface area contributed by atoms with Gasteiger partial charge < -0.3 is 5.11 Å². The molecule has 1 atom stereocenters. The van der Waals surface area contributed by atoms with E-state index in [0.717, 1.165) is 11.3 Å². The first-order valence-electron chi connectivity index (χ1n) is 7.17. The summed E-state index contributed by atoms with van der Waals surface area (Å²) in [6.45, 7) is 4.12. The van der Waals surface area contributed by atoms with E-state index < -0.39 is 12.0 Å². The number of carboxylic acid groups (broad SMARTS) is 1. The second-order valence-electron chi connectivity index (χ2n) is 5.31. The topological polar surface area (TPSA) is 58.4 Å². The number of aromatic nitrogens is 2. The molecule has 6 heteroatoms. The highest BCUT2D eigenvalue weighted by molar-refractivity contribution is 5.73. The van der Waals surface area contributed by atoms with Crippen molar-refractivity contribution in [2.75, 3.05) is 7.05 Å². The van der Waals surface area contributed by atoms with Crippen LogP contribution in [0.4, 0.5) is 4.39 Å². The van der Waals surface area contributed by atoms with Crippen molar-refractivity contribution in [2.24, 2.45) is 0 Å². The molecule has 5 nitrogen and oxygen atoms in total. The fraction of sp³-hybridized carbons (Fsp3) is 0.375. The minimum Gasteiger partial charge on any atom is -0.480 e. The molecule has 0 saturated carbocycles. The zero-order valence-corrected chi connectivity index (χ0v) is 13.0. The molecule has 0 radical (unpaired) electrons. The number of halogens is 1. The van der Waals surface area contributed by atoms with Gasteiger partial charge in [0.2, 0.25) is 0 Å². The van der Waals surface area contributed by atoms with Gasteiger partial charge in [-0.1, -0.05) is 19.1 Å². The van der Waals surface area contributed by atoms with Crippen LogP contribution in [0.5, 0.6) is 0 Å². The van der Waals surface area contributed by atoms with Crippen molar-refractivity contribution < 1.29 is 14.3 Å². The minimum atomic E-state index is -0.843. The summed E-state index contributed by atoms with van der Waals surface area (Å²) in [5.41, 5.74) is 2.02. The van der Waals surface area contributed by atoms with Gasteiger partial charge in [0.15, 0.2) is 0 Å². The molecule has 1 N–H and O–H groups in total. The van der Waals surface area contributed by atoms with Crippen molar-refractivity contribution >= 4 is 5.97 Å². The maximum absolute atomic E-state index is 13.8. The lowest BCUT2D eigenvalue weighted by atomic mass is 10.1. The van der Waals surface area contributed by atoms with Gasteiger partial charge >= 0.3 is 5.97 Å². The van der Waals surface area contributed by atoms with Gasteiger partial charge in [-0.2, -0.15) is 5.10 Å². The van der Waals surface area contributed by atoms with Crippen LogP contribution in [0.25, 0.3) is 5.69 Å². The number of carboxylic acids is 1. The summed E-state index contributed by atoms with van der Waals surface area (Å²) >= 11 is 0. The number of hydrogen-bond acceptors (Lipinski definition) is 3. The average Bonchev–Trinajstić information content (AvgIpc) is 2.80. The van der Waals surface area contributed by atoms with E-state index in [-0.39, 0.29) is 5.82 Å². The monoisotopic (exact) mass is 305 g/mol. The maximum Gasteiger partial charge on any atom is 0.320 e. The predicted molar refractivity (Wildman–Crippen MR) is 81.4 cm³/mol. The molecule has 0 unspecified atom stereocenters. The van der Waals surface area contributed by atoms with Gasteiger partial charge in [0.1, 0.15) is 17.5 Å². The quantitative estimate of drug-likeness (QED) is 0.891. The first-order valence-corrected chi connectivity index (χ1v) is 7.17. The molecule has 22 heavy (non-hydrogen) atoms. The molecule has 0 aliphatic carbocycles. The molecule has 2 aromatic rings. The highest BCUT2D eigenvalue weighted by Crippen LogP contribution is 2.17. The molecule has 118 valence electrons. The van der Waals surface area contributed by atoms with Crippen LogP contribution >= 0.6 is 0 Å². The van der Waals surface area contributed by atoms with E-state index in [1.165, 1.54) is 10.7 Å².